The van der Waals surface area contributed by atoms with Gasteiger partial charge < -0.3 is 20.7 Å². The molecule has 0 aromatic carbocycles. The van der Waals surface area contributed by atoms with Crippen molar-refractivity contribution in [3.63, 3.8) is 0 Å². The maximum absolute atomic E-state index is 11.9. The Balaban J connectivity index is 2.59. The molecule has 5 heteroatoms. The van der Waals surface area contributed by atoms with E-state index in [1.807, 2.05) is 13.8 Å². The Bertz CT molecular complexity index is 422. The lowest BCUT2D eigenvalue weighted by Gasteiger charge is -2.25. The average Bonchev–Trinajstić information content (AvgIpc) is 2.52. The molecule has 0 fully saturated rings. The number of nitrogen functional groups attached to an aromatic ring is 1. The molecule has 5 nitrogen and oxygen atoms in total. The van der Waals surface area contributed by atoms with E-state index in [4.69, 9.17) is 5.73 Å². The van der Waals surface area contributed by atoms with Gasteiger partial charge in [-0.25, -0.2) is 0 Å². The van der Waals surface area contributed by atoms with Gasteiger partial charge in [-0.15, -0.1) is 0 Å². The van der Waals surface area contributed by atoms with Crippen molar-refractivity contribution in [2.75, 3.05) is 12.3 Å². The largest absolute Gasteiger partial charge is 0.397 e. The fourth-order valence-electron chi connectivity index (χ4n) is 2.13. The second-order valence-corrected chi connectivity index (χ2v) is 5.55. The highest BCUT2D eigenvalue weighted by Crippen LogP contribution is 2.15. The molecule has 102 valence electrons. The maximum Gasteiger partial charge on any atom is 0.268 e. The molecular weight excluding hydrogens is 230 g/mol. The van der Waals surface area contributed by atoms with Crippen molar-refractivity contribution in [2.24, 2.45) is 13.0 Å². The first-order valence-corrected chi connectivity index (χ1v) is 6.14. The number of nitrogens with one attached hydrogen (secondary N) is 1. The van der Waals surface area contributed by atoms with Crippen molar-refractivity contribution in [3.8, 4) is 0 Å². The molecule has 4 N–H and O–H groups in total. The first-order chi connectivity index (χ1) is 8.21. The van der Waals surface area contributed by atoms with Crippen LogP contribution in [0.1, 0.15) is 37.7 Å². The van der Waals surface area contributed by atoms with Gasteiger partial charge in [-0.3, -0.25) is 4.79 Å². The predicted octanol–water partition coefficient (Wildman–Crippen LogP) is 1.13. The van der Waals surface area contributed by atoms with E-state index in [1.54, 1.807) is 30.8 Å². The summed E-state index contributed by atoms with van der Waals surface area (Å²) in [7, 11) is 1.76. The third-order valence-electron chi connectivity index (χ3n) is 2.74. The Morgan fingerprint density at radius 3 is 2.67 bits per heavy atom. The lowest BCUT2D eigenvalue weighted by Crippen LogP contribution is -2.41. The van der Waals surface area contributed by atoms with Crippen LogP contribution in [-0.4, -0.2) is 27.7 Å². The third kappa shape index (κ3) is 4.07. The van der Waals surface area contributed by atoms with Gasteiger partial charge in [-0.1, -0.05) is 13.8 Å². The molecule has 1 unspecified atom stereocenters. The van der Waals surface area contributed by atoms with Gasteiger partial charge in [0.05, 0.1) is 11.3 Å². The third-order valence-corrected chi connectivity index (χ3v) is 2.74. The molecule has 0 aliphatic heterocycles. The Labute approximate surface area is 108 Å². The molecule has 0 saturated carbocycles. The van der Waals surface area contributed by atoms with Crippen LogP contribution in [-0.2, 0) is 7.05 Å². The molecular formula is C13H23N3O2. The fourth-order valence-corrected chi connectivity index (χ4v) is 2.13. The molecule has 0 saturated heterocycles. The van der Waals surface area contributed by atoms with Gasteiger partial charge in [0, 0.05) is 19.8 Å². The Morgan fingerprint density at radius 1 is 1.61 bits per heavy atom. The second kappa shape index (κ2) is 5.44. The van der Waals surface area contributed by atoms with Gasteiger partial charge in [-0.05, 0) is 25.3 Å². The molecule has 1 atom stereocenters. The van der Waals surface area contributed by atoms with Crippen LogP contribution in [0.5, 0.6) is 0 Å². The molecule has 1 aromatic rings. The highest BCUT2D eigenvalue weighted by atomic mass is 16.3. The number of hydrogen-bond donors (Lipinski definition) is 3. The topological polar surface area (TPSA) is 80.3 Å². The second-order valence-electron chi connectivity index (χ2n) is 5.55. The summed E-state index contributed by atoms with van der Waals surface area (Å²) in [5.74, 6) is 0.154. The zero-order valence-corrected chi connectivity index (χ0v) is 11.5. The van der Waals surface area contributed by atoms with Gasteiger partial charge in [0.15, 0.2) is 0 Å². The number of nitrogens with two attached hydrogens (primary N) is 1. The number of anilines is 1. The number of aromatic nitrogens is 1. The summed E-state index contributed by atoms with van der Waals surface area (Å²) in [4.78, 5) is 11.9. The van der Waals surface area contributed by atoms with Gasteiger partial charge in [0.1, 0.15) is 5.69 Å². The van der Waals surface area contributed by atoms with Crippen molar-refractivity contribution < 1.29 is 9.90 Å². The molecule has 1 aromatic heterocycles. The number of amides is 1. The minimum absolute atomic E-state index is 0.224. The summed E-state index contributed by atoms with van der Waals surface area (Å²) in [5.41, 5.74) is 5.77. The lowest BCUT2D eigenvalue weighted by molar-refractivity contribution is 0.0367. The van der Waals surface area contributed by atoms with E-state index in [2.05, 4.69) is 5.32 Å². The summed E-state index contributed by atoms with van der Waals surface area (Å²) < 4.78 is 1.67. The highest BCUT2D eigenvalue weighted by Gasteiger charge is 2.23. The monoisotopic (exact) mass is 253 g/mol. The summed E-state index contributed by atoms with van der Waals surface area (Å²) >= 11 is 0. The first kappa shape index (κ1) is 14.6. The van der Waals surface area contributed by atoms with Crippen molar-refractivity contribution in [3.05, 3.63) is 18.0 Å². The number of aryl methyl sites for hydroxylation is 1. The van der Waals surface area contributed by atoms with E-state index in [-0.39, 0.29) is 12.5 Å². The predicted molar refractivity (Wildman–Crippen MR) is 72.2 cm³/mol. The standard InChI is InChI=1S/C13H23N3O2/c1-9(2)6-13(3,18)8-15-12(17)11-5-10(14)7-16(11)4/h5,7,9,18H,6,8,14H2,1-4H3,(H,15,17). The van der Waals surface area contributed by atoms with Crippen molar-refractivity contribution in [2.45, 2.75) is 32.8 Å². The SMILES string of the molecule is CC(C)CC(C)(O)CNC(=O)c1cc(N)cn1C. The summed E-state index contributed by atoms with van der Waals surface area (Å²) in [6, 6.07) is 1.62. The van der Waals surface area contributed by atoms with E-state index in [9.17, 15) is 9.90 Å². The van der Waals surface area contributed by atoms with Gasteiger partial charge in [-0.2, -0.15) is 0 Å². The number of carbonyl (C=O) groups is 1. The van der Waals surface area contributed by atoms with E-state index in [0.29, 0.717) is 23.7 Å². The fraction of sp³-hybridized carbons (Fsp3) is 0.615. The smallest absolute Gasteiger partial charge is 0.268 e. The van der Waals surface area contributed by atoms with Gasteiger partial charge in [0.25, 0.3) is 5.91 Å². The van der Waals surface area contributed by atoms with E-state index in [1.165, 1.54) is 0 Å². The number of carbonyl (C=O) groups excluding carboxylic acids is 1. The minimum atomic E-state index is -0.888. The van der Waals surface area contributed by atoms with Crippen molar-refractivity contribution in [1.82, 2.24) is 9.88 Å². The summed E-state index contributed by atoms with van der Waals surface area (Å²) in [5, 5.41) is 12.8. The maximum atomic E-state index is 11.9. The number of rotatable bonds is 5. The quantitative estimate of drug-likeness (QED) is 0.736. The van der Waals surface area contributed by atoms with Gasteiger partial charge in [0.2, 0.25) is 0 Å². The minimum Gasteiger partial charge on any atom is -0.397 e. The molecule has 1 rings (SSSR count). The van der Waals surface area contributed by atoms with Crippen LogP contribution < -0.4 is 11.1 Å². The number of hydrogen-bond acceptors (Lipinski definition) is 3. The van der Waals surface area contributed by atoms with Crippen molar-refractivity contribution in [1.29, 1.82) is 0 Å². The number of nitrogens with zero attached hydrogens (tertiary/aromatic N) is 1. The molecule has 0 aliphatic rings. The zero-order valence-electron chi connectivity index (χ0n) is 11.5. The Kier molecular flexibility index (Phi) is 4.40. The van der Waals surface area contributed by atoms with Crippen LogP contribution in [0.3, 0.4) is 0 Å². The first-order valence-electron chi connectivity index (χ1n) is 6.14. The summed E-state index contributed by atoms with van der Waals surface area (Å²) in [6.45, 7) is 6.03. The molecule has 0 spiro atoms. The molecule has 0 aliphatic carbocycles. The van der Waals surface area contributed by atoms with Crippen molar-refractivity contribution >= 4 is 11.6 Å². The number of aliphatic hydroxyl groups is 1. The van der Waals surface area contributed by atoms with E-state index in [0.717, 1.165) is 0 Å². The molecule has 1 amide bonds. The van der Waals surface area contributed by atoms with E-state index >= 15 is 0 Å². The molecule has 18 heavy (non-hydrogen) atoms. The highest BCUT2D eigenvalue weighted by molar-refractivity contribution is 5.93. The van der Waals surface area contributed by atoms with E-state index < -0.39 is 5.60 Å². The molecule has 0 bridgehead atoms. The van der Waals surface area contributed by atoms with Gasteiger partial charge >= 0.3 is 0 Å². The van der Waals surface area contributed by atoms with Crippen LogP contribution in [0.4, 0.5) is 5.69 Å². The van der Waals surface area contributed by atoms with Crippen LogP contribution >= 0.6 is 0 Å². The average molecular weight is 253 g/mol. The summed E-state index contributed by atoms with van der Waals surface area (Å²) in [6.07, 6.45) is 2.32. The lowest BCUT2D eigenvalue weighted by atomic mass is 9.94. The molecule has 0 radical (unpaired) electrons. The zero-order chi connectivity index (χ0) is 13.9. The Morgan fingerprint density at radius 2 is 2.22 bits per heavy atom. The molecule has 1 heterocycles. The van der Waals surface area contributed by atoms with Crippen LogP contribution in [0.2, 0.25) is 0 Å². The van der Waals surface area contributed by atoms with Crippen LogP contribution in [0, 0.1) is 5.92 Å². The Hall–Kier alpha value is -1.49. The van der Waals surface area contributed by atoms with Crippen LogP contribution in [0.25, 0.3) is 0 Å². The normalized spacial score (nSPS) is 14.6. The van der Waals surface area contributed by atoms with Crippen LogP contribution in [0.15, 0.2) is 12.3 Å².